The van der Waals surface area contributed by atoms with E-state index in [-0.39, 0.29) is 17.9 Å². The van der Waals surface area contributed by atoms with Gasteiger partial charge in [0.25, 0.3) is 0 Å². The average molecular weight is 200 g/mol. The molecule has 0 aliphatic heterocycles. The average Bonchev–Trinajstić information content (AvgIpc) is 2.12. The van der Waals surface area contributed by atoms with Crippen molar-refractivity contribution in [2.45, 2.75) is 32.1 Å². The van der Waals surface area contributed by atoms with E-state index in [1.54, 1.807) is 0 Å². The molecule has 0 unspecified atom stereocenters. The molecule has 0 atom stereocenters. The Labute approximate surface area is 84.9 Å². The van der Waals surface area contributed by atoms with Crippen molar-refractivity contribution in [3.8, 4) is 0 Å². The summed E-state index contributed by atoms with van der Waals surface area (Å²) in [5.41, 5.74) is 5.74. The predicted octanol–water partition coefficient (Wildman–Crippen LogP) is 0.00410. The van der Waals surface area contributed by atoms with Gasteiger partial charge >= 0.3 is 0 Å². The molecule has 0 heterocycles. The maximum Gasteiger partial charge on any atom is 0.220 e. The number of amides is 1. The zero-order valence-corrected chi connectivity index (χ0v) is 8.59. The first-order valence-corrected chi connectivity index (χ1v) is 5.30. The summed E-state index contributed by atoms with van der Waals surface area (Å²) in [6.45, 7) is 1.30. The molecule has 4 nitrogen and oxygen atoms in total. The Kier molecular flexibility index (Phi) is 4.35. The monoisotopic (exact) mass is 200 g/mol. The quantitative estimate of drug-likeness (QED) is 0.528. The normalized spacial score (nSPS) is 18.7. The number of nitrogens with two attached hydrogens (primary N) is 1. The van der Waals surface area contributed by atoms with E-state index in [1.165, 1.54) is 6.42 Å². The molecule has 4 heteroatoms. The van der Waals surface area contributed by atoms with E-state index < -0.39 is 0 Å². The Morgan fingerprint density at radius 1 is 1.50 bits per heavy atom. The van der Waals surface area contributed by atoms with Crippen LogP contribution in [0.3, 0.4) is 0 Å². The van der Waals surface area contributed by atoms with Crippen molar-refractivity contribution >= 4 is 5.91 Å². The standard InChI is InChI=1S/C10H20N2O2/c11-8-10(3-1-4-10)7-9(14)12-5-2-6-13/h13H,1-8,11H2,(H,12,14). The van der Waals surface area contributed by atoms with Crippen LogP contribution in [-0.4, -0.2) is 30.7 Å². The van der Waals surface area contributed by atoms with Crippen molar-refractivity contribution in [3.63, 3.8) is 0 Å². The van der Waals surface area contributed by atoms with Crippen LogP contribution in [0.1, 0.15) is 32.1 Å². The van der Waals surface area contributed by atoms with Crippen LogP contribution in [-0.2, 0) is 4.79 Å². The molecule has 1 saturated carbocycles. The van der Waals surface area contributed by atoms with Crippen LogP contribution >= 0.6 is 0 Å². The van der Waals surface area contributed by atoms with Gasteiger partial charge in [0, 0.05) is 19.6 Å². The van der Waals surface area contributed by atoms with Gasteiger partial charge in [-0.2, -0.15) is 0 Å². The van der Waals surface area contributed by atoms with E-state index in [9.17, 15) is 4.79 Å². The highest BCUT2D eigenvalue weighted by molar-refractivity contribution is 5.76. The van der Waals surface area contributed by atoms with Gasteiger partial charge in [-0.05, 0) is 31.2 Å². The first kappa shape index (κ1) is 11.5. The third-order valence-corrected chi connectivity index (χ3v) is 3.04. The van der Waals surface area contributed by atoms with Gasteiger partial charge in [-0.15, -0.1) is 0 Å². The molecule has 1 aliphatic carbocycles. The number of hydrogen-bond donors (Lipinski definition) is 3. The summed E-state index contributed by atoms with van der Waals surface area (Å²) in [7, 11) is 0. The van der Waals surface area contributed by atoms with Gasteiger partial charge in [-0.25, -0.2) is 0 Å². The Bertz CT molecular complexity index is 185. The van der Waals surface area contributed by atoms with Crippen molar-refractivity contribution in [3.05, 3.63) is 0 Å². The Morgan fingerprint density at radius 3 is 2.64 bits per heavy atom. The Morgan fingerprint density at radius 2 is 2.21 bits per heavy atom. The molecule has 0 aromatic carbocycles. The van der Waals surface area contributed by atoms with E-state index in [1.807, 2.05) is 0 Å². The minimum absolute atomic E-state index is 0.0728. The van der Waals surface area contributed by atoms with Crippen LogP contribution in [0.2, 0.25) is 0 Å². The first-order chi connectivity index (χ1) is 6.72. The molecular weight excluding hydrogens is 180 g/mol. The fourth-order valence-electron chi connectivity index (χ4n) is 1.84. The second-order valence-corrected chi connectivity index (χ2v) is 4.16. The van der Waals surface area contributed by atoms with Crippen LogP contribution in [0, 0.1) is 5.41 Å². The van der Waals surface area contributed by atoms with E-state index in [4.69, 9.17) is 10.8 Å². The van der Waals surface area contributed by atoms with Crippen molar-refractivity contribution in [1.82, 2.24) is 5.32 Å². The molecule has 1 aliphatic rings. The molecule has 0 saturated heterocycles. The second kappa shape index (κ2) is 5.32. The molecule has 82 valence electrons. The molecular formula is C10H20N2O2. The molecule has 1 fully saturated rings. The number of aliphatic hydroxyl groups is 1. The van der Waals surface area contributed by atoms with Gasteiger partial charge in [-0.3, -0.25) is 4.79 Å². The van der Waals surface area contributed by atoms with E-state index in [0.29, 0.717) is 25.9 Å². The Hall–Kier alpha value is -0.610. The van der Waals surface area contributed by atoms with Gasteiger partial charge in [0.1, 0.15) is 0 Å². The lowest BCUT2D eigenvalue weighted by Crippen LogP contribution is -2.42. The van der Waals surface area contributed by atoms with Crippen LogP contribution in [0.25, 0.3) is 0 Å². The molecule has 0 aromatic rings. The van der Waals surface area contributed by atoms with Gasteiger partial charge in [-0.1, -0.05) is 6.42 Å². The predicted molar refractivity (Wildman–Crippen MR) is 54.7 cm³/mol. The van der Waals surface area contributed by atoms with Crippen LogP contribution in [0.15, 0.2) is 0 Å². The van der Waals surface area contributed by atoms with Crippen molar-refractivity contribution in [1.29, 1.82) is 0 Å². The van der Waals surface area contributed by atoms with Crippen LogP contribution in [0.5, 0.6) is 0 Å². The fourth-order valence-corrected chi connectivity index (χ4v) is 1.84. The minimum atomic E-state index is 0.0728. The summed E-state index contributed by atoms with van der Waals surface area (Å²) in [5.74, 6) is 0.0728. The summed E-state index contributed by atoms with van der Waals surface area (Å²) < 4.78 is 0. The summed E-state index contributed by atoms with van der Waals surface area (Å²) in [6.07, 6.45) is 4.53. The number of rotatable bonds is 6. The van der Waals surface area contributed by atoms with Gasteiger partial charge < -0.3 is 16.2 Å². The number of aliphatic hydroxyl groups excluding tert-OH is 1. The van der Waals surface area contributed by atoms with E-state index in [2.05, 4.69) is 5.32 Å². The lowest BCUT2D eigenvalue weighted by molar-refractivity contribution is -0.124. The summed E-state index contributed by atoms with van der Waals surface area (Å²) in [4.78, 5) is 11.4. The molecule has 0 bridgehead atoms. The van der Waals surface area contributed by atoms with Gasteiger partial charge in [0.05, 0.1) is 0 Å². The maximum absolute atomic E-state index is 11.4. The summed E-state index contributed by atoms with van der Waals surface area (Å²) in [5, 5.41) is 11.3. The maximum atomic E-state index is 11.4. The fraction of sp³-hybridized carbons (Fsp3) is 0.900. The molecule has 4 N–H and O–H groups in total. The highest BCUT2D eigenvalue weighted by Gasteiger charge is 2.37. The lowest BCUT2D eigenvalue weighted by Gasteiger charge is -2.40. The van der Waals surface area contributed by atoms with Gasteiger partial charge in [0.15, 0.2) is 0 Å². The van der Waals surface area contributed by atoms with Crippen molar-refractivity contribution in [2.75, 3.05) is 19.7 Å². The highest BCUT2D eigenvalue weighted by Crippen LogP contribution is 2.42. The number of carbonyl (C=O) groups excluding carboxylic acids is 1. The summed E-state index contributed by atoms with van der Waals surface area (Å²) in [6, 6.07) is 0. The third kappa shape index (κ3) is 2.96. The van der Waals surface area contributed by atoms with Crippen LogP contribution < -0.4 is 11.1 Å². The molecule has 14 heavy (non-hydrogen) atoms. The summed E-state index contributed by atoms with van der Waals surface area (Å²) >= 11 is 0. The minimum Gasteiger partial charge on any atom is -0.396 e. The van der Waals surface area contributed by atoms with Crippen LogP contribution in [0.4, 0.5) is 0 Å². The molecule has 1 amide bonds. The Balaban J connectivity index is 2.18. The number of nitrogens with one attached hydrogen (secondary N) is 1. The third-order valence-electron chi connectivity index (χ3n) is 3.04. The number of hydrogen-bond acceptors (Lipinski definition) is 3. The molecule has 1 rings (SSSR count). The lowest BCUT2D eigenvalue weighted by atomic mass is 9.66. The van der Waals surface area contributed by atoms with Crippen molar-refractivity contribution < 1.29 is 9.90 Å². The molecule has 0 radical (unpaired) electrons. The smallest absolute Gasteiger partial charge is 0.220 e. The number of carbonyl (C=O) groups is 1. The van der Waals surface area contributed by atoms with Crippen molar-refractivity contribution in [2.24, 2.45) is 11.1 Å². The highest BCUT2D eigenvalue weighted by atomic mass is 16.3. The molecule has 0 spiro atoms. The second-order valence-electron chi connectivity index (χ2n) is 4.16. The zero-order chi connectivity index (χ0) is 10.4. The van der Waals surface area contributed by atoms with Gasteiger partial charge in [0.2, 0.25) is 5.91 Å². The topological polar surface area (TPSA) is 75.4 Å². The largest absolute Gasteiger partial charge is 0.396 e. The zero-order valence-electron chi connectivity index (χ0n) is 8.59. The SMILES string of the molecule is NCC1(CC(=O)NCCCO)CCC1. The van der Waals surface area contributed by atoms with E-state index >= 15 is 0 Å². The van der Waals surface area contributed by atoms with E-state index in [0.717, 1.165) is 12.8 Å². The first-order valence-electron chi connectivity index (χ1n) is 5.30. The molecule has 0 aromatic heterocycles.